The molecule has 1 N–H and O–H groups in total. The quantitative estimate of drug-likeness (QED) is 0.681. The maximum Gasteiger partial charge on any atom is 0.308 e. The lowest BCUT2D eigenvalue weighted by Gasteiger charge is -2.22. The van der Waals surface area contributed by atoms with Crippen LogP contribution in [0.4, 0.5) is 0 Å². The molecule has 0 aromatic carbocycles. The van der Waals surface area contributed by atoms with Crippen LogP contribution in [-0.4, -0.2) is 22.8 Å². The summed E-state index contributed by atoms with van der Waals surface area (Å²) in [6, 6.07) is 0. The average Bonchev–Trinajstić information content (AvgIpc) is 2.47. The molecule has 1 aliphatic heterocycles. The van der Waals surface area contributed by atoms with Gasteiger partial charge >= 0.3 is 5.97 Å². The summed E-state index contributed by atoms with van der Waals surface area (Å²) in [5.74, 6) is -1.22. The fraction of sp³-hybridized carbons (Fsp3) is 0.700. The van der Waals surface area contributed by atoms with Gasteiger partial charge in [-0.15, -0.1) is 6.58 Å². The van der Waals surface area contributed by atoms with E-state index in [0.29, 0.717) is 0 Å². The van der Waals surface area contributed by atoms with Crippen LogP contribution in [0.2, 0.25) is 0 Å². The molecule has 1 rings (SSSR count). The Morgan fingerprint density at radius 1 is 1.85 bits per heavy atom. The fourth-order valence-electron chi connectivity index (χ4n) is 1.55. The standard InChI is InChI=1S/C10H16O3/c1-4-10(3)6-5-8(13-10)7(2)9(11)12/h4,7-8H,1,5-6H2,2-3H3,(H,11,12). The van der Waals surface area contributed by atoms with Crippen molar-refractivity contribution in [3.63, 3.8) is 0 Å². The lowest BCUT2D eigenvalue weighted by atomic mass is 9.99. The van der Waals surface area contributed by atoms with E-state index < -0.39 is 11.9 Å². The number of hydrogen-bond donors (Lipinski definition) is 1. The van der Waals surface area contributed by atoms with Crippen LogP contribution in [0, 0.1) is 5.92 Å². The topological polar surface area (TPSA) is 46.5 Å². The highest BCUT2D eigenvalue weighted by molar-refractivity contribution is 5.70. The van der Waals surface area contributed by atoms with Crippen LogP contribution in [-0.2, 0) is 9.53 Å². The minimum Gasteiger partial charge on any atom is -0.481 e. The van der Waals surface area contributed by atoms with Gasteiger partial charge in [-0.1, -0.05) is 6.08 Å². The first-order chi connectivity index (χ1) is 5.98. The molecule has 0 amide bonds. The van der Waals surface area contributed by atoms with Gasteiger partial charge in [-0.25, -0.2) is 0 Å². The summed E-state index contributed by atoms with van der Waals surface area (Å²) in [6.07, 6.45) is 3.25. The van der Waals surface area contributed by atoms with E-state index in [9.17, 15) is 4.79 Å². The maximum absolute atomic E-state index is 10.7. The van der Waals surface area contributed by atoms with Gasteiger partial charge in [0.15, 0.2) is 0 Å². The van der Waals surface area contributed by atoms with Crippen molar-refractivity contribution in [1.82, 2.24) is 0 Å². The largest absolute Gasteiger partial charge is 0.481 e. The van der Waals surface area contributed by atoms with E-state index in [-0.39, 0.29) is 11.7 Å². The monoisotopic (exact) mass is 184 g/mol. The van der Waals surface area contributed by atoms with E-state index in [2.05, 4.69) is 6.58 Å². The molecule has 1 heterocycles. The van der Waals surface area contributed by atoms with Gasteiger partial charge in [-0.05, 0) is 26.7 Å². The van der Waals surface area contributed by atoms with Gasteiger partial charge in [0, 0.05) is 0 Å². The predicted octanol–water partition coefficient (Wildman–Crippen LogP) is 1.83. The first-order valence-electron chi connectivity index (χ1n) is 4.53. The summed E-state index contributed by atoms with van der Waals surface area (Å²) in [5.41, 5.74) is -0.325. The zero-order valence-electron chi connectivity index (χ0n) is 8.12. The third kappa shape index (κ3) is 2.10. The first kappa shape index (κ1) is 10.3. The average molecular weight is 184 g/mol. The number of rotatable bonds is 3. The van der Waals surface area contributed by atoms with Crippen molar-refractivity contribution in [3.8, 4) is 0 Å². The zero-order valence-corrected chi connectivity index (χ0v) is 8.12. The molecular weight excluding hydrogens is 168 g/mol. The molecule has 0 saturated carbocycles. The van der Waals surface area contributed by atoms with Crippen molar-refractivity contribution in [2.24, 2.45) is 5.92 Å². The van der Waals surface area contributed by atoms with Crippen LogP contribution in [0.5, 0.6) is 0 Å². The summed E-state index contributed by atoms with van der Waals surface area (Å²) in [5, 5.41) is 8.78. The second-order valence-corrected chi connectivity index (χ2v) is 3.84. The van der Waals surface area contributed by atoms with Gasteiger partial charge in [-0.2, -0.15) is 0 Å². The van der Waals surface area contributed by atoms with Crippen LogP contribution in [0.3, 0.4) is 0 Å². The van der Waals surface area contributed by atoms with Crippen LogP contribution in [0.1, 0.15) is 26.7 Å². The van der Waals surface area contributed by atoms with E-state index in [1.54, 1.807) is 13.0 Å². The number of ether oxygens (including phenoxy) is 1. The third-order valence-electron chi connectivity index (χ3n) is 2.72. The Morgan fingerprint density at radius 2 is 2.46 bits per heavy atom. The summed E-state index contributed by atoms with van der Waals surface area (Å²) < 4.78 is 5.62. The molecule has 1 aliphatic rings. The molecule has 74 valence electrons. The van der Waals surface area contributed by atoms with E-state index >= 15 is 0 Å². The molecule has 3 nitrogen and oxygen atoms in total. The predicted molar refractivity (Wildman–Crippen MR) is 49.5 cm³/mol. The van der Waals surface area contributed by atoms with E-state index in [1.165, 1.54) is 0 Å². The second-order valence-electron chi connectivity index (χ2n) is 3.84. The Hall–Kier alpha value is -0.830. The van der Waals surface area contributed by atoms with Crippen molar-refractivity contribution in [2.75, 3.05) is 0 Å². The molecule has 1 fully saturated rings. The summed E-state index contributed by atoms with van der Waals surface area (Å²) in [4.78, 5) is 10.7. The minimum absolute atomic E-state index is 0.166. The molecule has 3 heteroatoms. The van der Waals surface area contributed by atoms with Crippen molar-refractivity contribution in [1.29, 1.82) is 0 Å². The van der Waals surface area contributed by atoms with Crippen LogP contribution in [0.25, 0.3) is 0 Å². The second kappa shape index (κ2) is 3.50. The molecule has 0 bridgehead atoms. The smallest absolute Gasteiger partial charge is 0.308 e. The zero-order chi connectivity index (χ0) is 10.1. The van der Waals surface area contributed by atoms with Crippen LogP contribution in [0.15, 0.2) is 12.7 Å². The summed E-state index contributed by atoms with van der Waals surface area (Å²) in [7, 11) is 0. The van der Waals surface area contributed by atoms with Gasteiger partial charge < -0.3 is 9.84 Å². The first-order valence-corrected chi connectivity index (χ1v) is 4.53. The lowest BCUT2D eigenvalue weighted by molar-refractivity contribution is -0.147. The Morgan fingerprint density at radius 3 is 2.85 bits per heavy atom. The third-order valence-corrected chi connectivity index (χ3v) is 2.72. The molecule has 3 unspecified atom stereocenters. The fourth-order valence-corrected chi connectivity index (χ4v) is 1.55. The van der Waals surface area contributed by atoms with Crippen molar-refractivity contribution < 1.29 is 14.6 Å². The Labute approximate surface area is 78.4 Å². The highest BCUT2D eigenvalue weighted by Gasteiger charge is 2.38. The summed E-state index contributed by atoms with van der Waals surface area (Å²) >= 11 is 0. The van der Waals surface area contributed by atoms with Gasteiger partial charge in [0.2, 0.25) is 0 Å². The van der Waals surface area contributed by atoms with Crippen molar-refractivity contribution >= 4 is 5.97 Å². The SMILES string of the molecule is C=CC1(C)CCC(C(C)C(=O)O)O1. The maximum atomic E-state index is 10.7. The Kier molecular flexibility index (Phi) is 2.76. The van der Waals surface area contributed by atoms with Crippen LogP contribution < -0.4 is 0 Å². The Balaban J connectivity index is 2.59. The normalized spacial score (nSPS) is 35.7. The number of aliphatic carboxylic acids is 1. The van der Waals surface area contributed by atoms with Gasteiger partial charge in [0.25, 0.3) is 0 Å². The molecular formula is C10H16O3. The summed E-state index contributed by atoms with van der Waals surface area (Å²) in [6.45, 7) is 7.30. The molecule has 0 aliphatic carbocycles. The molecule has 3 atom stereocenters. The van der Waals surface area contributed by atoms with Gasteiger partial charge in [0.05, 0.1) is 17.6 Å². The molecule has 13 heavy (non-hydrogen) atoms. The highest BCUT2D eigenvalue weighted by Crippen LogP contribution is 2.34. The molecule has 0 radical (unpaired) electrons. The number of carbonyl (C=O) groups is 1. The number of carboxylic acids is 1. The van der Waals surface area contributed by atoms with Crippen molar-refractivity contribution in [3.05, 3.63) is 12.7 Å². The molecule has 0 aromatic rings. The van der Waals surface area contributed by atoms with Crippen LogP contribution >= 0.6 is 0 Å². The number of carboxylic acid groups (broad SMARTS) is 1. The molecule has 0 aromatic heterocycles. The molecule has 1 saturated heterocycles. The lowest BCUT2D eigenvalue weighted by Crippen LogP contribution is -2.29. The van der Waals surface area contributed by atoms with Gasteiger partial charge in [0.1, 0.15) is 0 Å². The molecule has 0 spiro atoms. The van der Waals surface area contributed by atoms with E-state index in [1.807, 2.05) is 6.92 Å². The minimum atomic E-state index is -0.793. The highest BCUT2D eigenvalue weighted by atomic mass is 16.5. The number of hydrogen-bond acceptors (Lipinski definition) is 2. The van der Waals surface area contributed by atoms with E-state index in [4.69, 9.17) is 9.84 Å². The van der Waals surface area contributed by atoms with Crippen molar-refractivity contribution in [2.45, 2.75) is 38.4 Å². The van der Waals surface area contributed by atoms with E-state index in [0.717, 1.165) is 12.8 Å². The Bertz CT molecular complexity index is 224. The van der Waals surface area contributed by atoms with Gasteiger partial charge in [-0.3, -0.25) is 4.79 Å².